The Balaban J connectivity index is 2.61. The van der Waals surface area contributed by atoms with Crippen LogP contribution in [0.15, 0.2) is 30.9 Å². The van der Waals surface area contributed by atoms with E-state index in [1.807, 2.05) is 24.3 Å². The van der Waals surface area contributed by atoms with E-state index < -0.39 is 5.97 Å². The Morgan fingerprint density at radius 2 is 2.25 bits per heavy atom. The van der Waals surface area contributed by atoms with Gasteiger partial charge >= 0.3 is 5.97 Å². The number of hydrogen-bond acceptors (Lipinski definition) is 4. The zero-order valence-corrected chi connectivity index (χ0v) is 12.4. The number of benzene rings is 1. The van der Waals surface area contributed by atoms with Crippen molar-refractivity contribution in [1.82, 2.24) is 0 Å². The van der Waals surface area contributed by atoms with Crippen molar-refractivity contribution in [2.24, 2.45) is 0 Å². The van der Waals surface area contributed by atoms with Gasteiger partial charge in [-0.1, -0.05) is 12.1 Å². The van der Waals surface area contributed by atoms with Gasteiger partial charge in [0.25, 0.3) is 0 Å². The molecule has 0 saturated carbocycles. The molecule has 0 saturated heterocycles. The Hall–Kier alpha value is -1.62. The molecule has 0 bridgehead atoms. The maximum Gasteiger partial charge on any atom is 0.303 e. The molecule has 0 heterocycles. The van der Waals surface area contributed by atoms with Gasteiger partial charge in [0.15, 0.2) is 11.5 Å². The molecule has 0 aliphatic heterocycles. The van der Waals surface area contributed by atoms with Crippen molar-refractivity contribution in [3.05, 3.63) is 36.4 Å². The molecule has 5 heteroatoms. The van der Waals surface area contributed by atoms with Crippen LogP contribution >= 0.6 is 12.6 Å². The fraction of sp³-hybridized carbons (Fsp3) is 0.400. The van der Waals surface area contributed by atoms with E-state index in [9.17, 15) is 4.79 Å². The van der Waals surface area contributed by atoms with Crippen LogP contribution in [0, 0.1) is 0 Å². The SMILES string of the molecule is C=CCc1ccc(OC(S)CCCC(=O)O)c(OC)c1. The summed E-state index contributed by atoms with van der Waals surface area (Å²) in [6.45, 7) is 3.70. The Kier molecular flexibility index (Phi) is 7.01. The van der Waals surface area contributed by atoms with Gasteiger partial charge in [0.1, 0.15) is 5.44 Å². The summed E-state index contributed by atoms with van der Waals surface area (Å²) in [6.07, 6.45) is 3.80. The zero-order chi connectivity index (χ0) is 15.0. The number of allylic oxidation sites excluding steroid dienone is 1. The molecule has 0 spiro atoms. The van der Waals surface area contributed by atoms with Gasteiger partial charge in [0, 0.05) is 6.42 Å². The van der Waals surface area contributed by atoms with Crippen molar-refractivity contribution in [3.8, 4) is 11.5 Å². The van der Waals surface area contributed by atoms with E-state index in [1.165, 1.54) is 0 Å². The lowest BCUT2D eigenvalue weighted by atomic mass is 10.1. The van der Waals surface area contributed by atoms with Crippen LogP contribution in [0.1, 0.15) is 24.8 Å². The molecule has 1 unspecified atom stereocenters. The van der Waals surface area contributed by atoms with Crippen LogP contribution in [0.25, 0.3) is 0 Å². The normalized spacial score (nSPS) is 11.7. The lowest BCUT2D eigenvalue weighted by molar-refractivity contribution is -0.137. The average Bonchev–Trinajstić information content (AvgIpc) is 2.40. The van der Waals surface area contributed by atoms with Gasteiger partial charge < -0.3 is 14.6 Å². The minimum Gasteiger partial charge on any atom is -0.493 e. The molecule has 4 nitrogen and oxygen atoms in total. The van der Waals surface area contributed by atoms with Gasteiger partial charge in [-0.3, -0.25) is 4.79 Å². The molecule has 0 aliphatic rings. The Labute approximate surface area is 124 Å². The first-order chi connectivity index (χ1) is 9.56. The topological polar surface area (TPSA) is 55.8 Å². The smallest absolute Gasteiger partial charge is 0.303 e. The first kappa shape index (κ1) is 16.4. The molecule has 0 radical (unpaired) electrons. The number of methoxy groups -OCH3 is 1. The van der Waals surface area contributed by atoms with E-state index >= 15 is 0 Å². The first-order valence-corrected chi connectivity index (χ1v) is 6.92. The molecule has 1 N–H and O–H groups in total. The molecule has 0 fully saturated rings. The predicted octanol–water partition coefficient (Wildman–Crippen LogP) is 3.31. The standard InChI is InChI=1S/C15H20O4S/c1-3-5-11-8-9-12(13(10-11)18-2)19-15(20)7-4-6-14(16)17/h3,8-10,15,20H,1,4-7H2,2H3,(H,16,17). The van der Waals surface area contributed by atoms with Crippen LogP contribution in [0.5, 0.6) is 11.5 Å². The number of hydrogen-bond donors (Lipinski definition) is 2. The summed E-state index contributed by atoms with van der Waals surface area (Å²) in [7, 11) is 1.58. The molecule has 1 atom stereocenters. The van der Waals surface area contributed by atoms with E-state index in [0.717, 1.165) is 12.0 Å². The lowest BCUT2D eigenvalue weighted by Crippen LogP contribution is -2.10. The third kappa shape index (κ3) is 5.57. The second-order valence-corrected chi connectivity index (χ2v) is 4.91. The van der Waals surface area contributed by atoms with Crippen LogP contribution in [0.2, 0.25) is 0 Å². The number of aliphatic carboxylic acids is 1. The molecule has 1 aromatic carbocycles. The van der Waals surface area contributed by atoms with E-state index in [4.69, 9.17) is 14.6 Å². The van der Waals surface area contributed by atoms with Crippen molar-refractivity contribution >= 4 is 18.6 Å². The van der Waals surface area contributed by atoms with E-state index in [2.05, 4.69) is 19.2 Å². The number of ether oxygens (including phenoxy) is 2. The molecular formula is C15H20O4S. The summed E-state index contributed by atoms with van der Waals surface area (Å²) < 4.78 is 11.0. The highest BCUT2D eigenvalue weighted by atomic mass is 32.1. The molecule has 0 aliphatic carbocycles. The zero-order valence-electron chi connectivity index (χ0n) is 11.5. The second kappa shape index (κ2) is 8.53. The highest BCUT2D eigenvalue weighted by molar-refractivity contribution is 7.80. The molecule has 0 amide bonds. The summed E-state index contributed by atoms with van der Waals surface area (Å²) in [5.74, 6) is 0.439. The summed E-state index contributed by atoms with van der Waals surface area (Å²) in [6, 6.07) is 5.67. The van der Waals surface area contributed by atoms with Crippen LogP contribution in [-0.4, -0.2) is 23.6 Å². The minimum atomic E-state index is -0.808. The number of thiol groups is 1. The van der Waals surface area contributed by atoms with Crippen molar-refractivity contribution in [2.45, 2.75) is 31.1 Å². The van der Waals surface area contributed by atoms with Crippen molar-refractivity contribution in [2.75, 3.05) is 7.11 Å². The van der Waals surface area contributed by atoms with Crippen LogP contribution < -0.4 is 9.47 Å². The van der Waals surface area contributed by atoms with Crippen LogP contribution in [-0.2, 0) is 11.2 Å². The van der Waals surface area contributed by atoms with Gasteiger partial charge in [-0.25, -0.2) is 0 Å². The molecule has 20 heavy (non-hydrogen) atoms. The molecule has 0 aromatic heterocycles. The van der Waals surface area contributed by atoms with Crippen LogP contribution in [0.3, 0.4) is 0 Å². The van der Waals surface area contributed by atoms with Crippen molar-refractivity contribution in [3.63, 3.8) is 0 Å². The molecular weight excluding hydrogens is 276 g/mol. The maximum atomic E-state index is 10.4. The van der Waals surface area contributed by atoms with Gasteiger partial charge in [0.05, 0.1) is 7.11 Å². The Morgan fingerprint density at radius 3 is 2.85 bits per heavy atom. The number of carboxylic acids is 1. The first-order valence-electron chi connectivity index (χ1n) is 6.41. The molecule has 1 rings (SSSR count). The number of rotatable bonds is 9. The predicted molar refractivity (Wildman–Crippen MR) is 81.8 cm³/mol. The summed E-state index contributed by atoms with van der Waals surface area (Å²) in [4.78, 5) is 10.4. The fourth-order valence-corrected chi connectivity index (χ4v) is 2.03. The summed E-state index contributed by atoms with van der Waals surface area (Å²) >= 11 is 4.31. The Morgan fingerprint density at radius 1 is 1.50 bits per heavy atom. The summed E-state index contributed by atoms with van der Waals surface area (Å²) in [5, 5.41) is 8.59. The maximum absolute atomic E-state index is 10.4. The van der Waals surface area contributed by atoms with Gasteiger partial charge in [-0.2, -0.15) is 0 Å². The van der Waals surface area contributed by atoms with Crippen LogP contribution in [0.4, 0.5) is 0 Å². The third-order valence-electron chi connectivity index (χ3n) is 2.71. The van der Waals surface area contributed by atoms with Gasteiger partial charge in [-0.15, -0.1) is 19.2 Å². The third-order valence-corrected chi connectivity index (χ3v) is 3.08. The highest BCUT2D eigenvalue weighted by Gasteiger charge is 2.11. The van der Waals surface area contributed by atoms with E-state index in [1.54, 1.807) is 7.11 Å². The van der Waals surface area contributed by atoms with Crippen molar-refractivity contribution in [1.29, 1.82) is 0 Å². The van der Waals surface area contributed by atoms with E-state index in [0.29, 0.717) is 24.3 Å². The van der Waals surface area contributed by atoms with Crippen molar-refractivity contribution < 1.29 is 19.4 Å². The summed E-state index contributed by atoms with van der Waals surface area (Å²) in [5.41, 5.74) is 0.735. The highest BCUT2D eigenvalue weighted by Crippen LogP contribution is 2.30. The largest absolute Gasteiger partial charge is 0.493 e. The quantitative estimate of drug-likeness (QED) is 0.417. The van der Waals surface area contributed by atoms with E-state index in [-0.39, 0.29) is 11.9 Å². The number of carboxylic acid groups (broad SMARTS) is 1. The second-order valence-electron chi connectivity index (χ2n) is 4.34. The average molecular weight is 296 g/mol. The van der Waals surface area contributed by atoms with Gasteiger partial charge in [-0.05, 0) is 37.0 Å². The van der Waals surface area contributed by atoms with Gasteiger partial charge in [0.2, 0.25) is 0 Å². The lowest BCUT2D eigenvalue weighted by Gasteiger charge is -2.16. The molecule has 110 valence electrons. The minimum absolute atomic E-state index is 0.121. The number of carbonyl (C=O) groups is 1. The Bertz CT molecular complexity index is 459. The molecule has 1 aromatic rings. The fourth-order valence-electron chi connectivity index (χ4n) is 1.74. The monoisotopic (exact) mass is 296 g/mol.